The smallest absolute Gasteiger partial charge is 0.273 e. The van der Waals surface area contributed by atoms with Crippen LogP contribution in [0.15, 0.2) is 48.7 Å². The standard InChI is InChI=1S/C21H24N8O/c22-15-8-4-5-9-16(15)26-21-27-20(18(19(23)30)28-29-21)25-14-10-11-24-17(12-14)13-6-2-1-3-7-13/h1-3,6-7,10-12,15-16H,4-5,8-9,22H2,(H2,23,30)(H2,24,25,26,27,29)/t15-,16+/m0/s1. The van der Waals surface area contributed by atoms with Crippen molar-refractivity contribution in [3.8, 4) is 11.3 Å². The topological polar surface area (TPSA) is 145 Å². The van der Waals surface area contributed by atoms with Crippen LogP contribution in [0.5, 0.6) is 0 Å². The second-order valence-corrected chi connectivity index (χ2v) is 7.32. The molecule has 2 heterocycles. The molecule has 1 aliphatic carbocycles. The molecule has 0 aliphatic heterocycles. The fourth-order valence-electron chi connectivity index (χ4n) is 3.56. The van der Waals surface area contributed by atoms with Crippen molar-refractivity contribution >= 4 is 23.4 Å². The maximum absolute atomic E-state index is 11.8. The first-order valence-electron chi connectivity index (χ1n) is 9.95. The molecule has 2 atom stereocenters. The van der Waals surface area contributed by atoms with Gasteiger partial charge in [0.1, 0.15) is 0 Å². The molecule has 6 N–H and O–H groups in total. The van der Waals surface area contributed by atoms with E-state index in [0.717, 1.165) is 36.9 Å². The van der Waals surface area contributed by atoms with Crippen molar-refractivity contribution in [2.45, 2.75) is 37.8 Å². The molecule has 0 saturated heterocycles. The quantitative estimate of drug-likeness (QED) is 0.490. The van der Waals surface area contributed by atoms with Gasteiger partial charge in [0.05, 0.1) is 5.69 Å². The second kappa shape index (κ2) is 8.83. The maximum Gasteiger partial charge on any atom is 0.273 e. The highest BCUT2D eigenvalue weighted by Crippen LogP contribution is 2.24. The van der Waals surface area contributed by atoms with Gasteiger partial charge in [-0.1, -0.05) is 43.2 Å². The minimum atomic E-state index is -0.712. The maximum atomic E-state index is 11.8. The van der Waals surface area contributed by atoms with Gasteiger partial charge in [0, 0.05) is 29.5 Å². The molecule has 154 valence electrons. The van der Waals surface area contributed by atoms with Crippen molar-refractivity contribution in [2.24, 2.45) is 11.5 Å². The van der Waals surface area contributed by atoms with Crippen LogP contribution in [-0.2, 0) is 0 Å². The number of pyridine rings is 1. The highest BCUT2D eigenvalue weighted by Gasteiger charge is 2.23. The van der Waals surface area contributed by atoms with Crippen LogP contribution in [-0.4, -0.2) is 38.2 Å². The Hall–Kier alpha value is -3.59. The third-order valence-electron chi connectivity index (χ3n) is 5.15. The first-order valence-corrected chi connectivity index (χ1v) is 9.95. The van der Waals surface area contributed by atoms with Crippen LogP contribution in [0.2, 0.25) is 0 Å². The van der Waals surface area contributed by atoms with Crippen molar-refractivity contribution in [2.75, 3.05) is 10.6 Å². The molecule has 9 heteroatoms. The number of nitrogens with one attached hydrogen (secondary N) is 2. The summed E-state index contributed by atoms with van der Waals surface area (Å²) in [4.78, 5) is 20.7. The second-order valence-electron chi connectivity index (χ2n) is 7.32. The molecule has 1 aliphatic rings. The number of hydrogen-bond acceptors (Lipinski definition) is 8. The number of benzene rings is 1. The van der Waals surface area contributed by atoms with E-state index in [1.54, 1.807) is 12.3 Å². The van der Waals surface area contributed by atoms with Crippen LogP contribution in [0, 0.1) is 0 Å². The molecule has 3 aromatic rings. The molecule has 0 spiro atoms. The van der Waals surface area contributed by atoms with Crippen molar-refractivity contribution < 1.29 is 4.79 Å². The van der Waals surface area contributed by atoms with E-state index in [9.17, 15) is 4.79 Å². The van der Waals surface area contributed by atoms with E-state index in [1.807, 2.05) is 36.4 Å². The van der Waals surface area contributed by atoms with Gasteiger partial charge in [0.2, 0.25) is 5.95 Å². The molecule has 1 aromatic carbocycles. The number of aromatic nitrogens is 4. The Labute approximate surface area is 174 Å². The summed E-state index contributed by atoms with van der Waals surface area (Å²) in [6, 6.07) is 13.5. The molecule has 9 nitrogen and oxygen atoms in total. The number of hydrogen-bond donors (Lipinski definition) is 4. The summed E-state index contributed by atoms with van der Waals surface area (Å²) in [5.41, 5.74) is 14.1. The minimum Gasteiger partial charge on any atom is -0.364 e. The Bertz CT molecular complexity index is 1030. The Morgan fingerprint density at radius 2 is 1.87 bits per heavy atom. The average Bonchev–Trinajstić information content (AvgIpc) is 2.76. The van der Waals surface area contributed by atoms with Crippen molar-refractivity contribution in [1.29, 1.82) is 0 Å². The van der Waals surface area contributed by atoms with E-state index >= 15 is 0 Å². The average molecular weight is 404 g/mol. The normalized spacial score (nSPS) is 18.6. The van der Waals surface area contributed by atoms with Gasteiger partial charge in [-0.3, -0.25) is 9.78 Å². The molecular weight excluding hydrogens is 380 g/mol. The monoisotopic (exact) mass is 404 g/mol. The number of carbonyl (C=O) groups excluding carboxylic acids is 1. The van der Waals surface area contributed by atoms with E-state index < -0.39 is 5.91 Å². The number of nitrogens with zero attached hydrogens (tertiary/aromatic N) is 4. The number of anilines is 3. The van der Waals surface area contributed by atoms with E-state index in [0.29, 0.717) is 11.6 Å². The predicted molar refractivity (Wildman–Crippen MR) is 115 cm³/mol. The highest BCUT2D eigenvalue weighted by molar-refractivity contribution is 5.96. The van der Waals surface area contributed by atoms with E-state index in [2.05, 4.69) is 30.8 Å². The van der Waals surface area contributed by atoms with Crippen LogP contribution in [0.1, 0.15) is 36.2 Å². The summed E-state index contributed by atoms with van der Waals surface area (Å²) in [6.45, 7) is 0. The zero-order valence-electron chi connectivity index (χ0n) is 16.5. The van der Waals surface area contributed by atoms with E-state index in [-0.39, 0.29) is 23.6 Å². The van der Waals surface area contributed by atoms with Gasteiger partial charge in [-0.05, 0) is 25.0 Å². The summed E-state index contributed by atoms with van der Waals surface area (Å²) >= 11 is 0. The van der Waals surface area contributed by atoms with E-state index in [1.165, 1.54) is 0 Å². The summed E-state index contributed by atoms with van der Waals surface area (Å²) in [5, 5.41) is 14.4. The highest BCUT2D eigenvalue weighted by atomic mass is 16.1. The molecule has 4 rings (SSSR count). The summed E-state index contributed by atoms with van der Waals surface area (Å²) in [6.07, 6.45) is 5.80. The fraction of sp³-hybridized carbons (Fsp3) is 0.286. The molecular formula is C21H24N8O. The molecule has 30 heavy (non-hydrogen) atoms. The van der Waals surface area contributed by atoms with Crippen LogP contribution in [0.25, 0.3) is 11.3 Å². The lowest BCUT2D eigenvalue weighted by molar-refractivity contribution is 0.0995. The van der Waals surface area contributed by atoms with Gasteiger partial charge >= 0.3 is 0 Å². The number of rotatable bonds is 6. The predicted octanol–water partition coefficient (Wildman–Crippen LogP) is 2.46. The van der Waals surface area contributed by atoms with Gasteiger partial charge in [0.25, 0.3) is 5.91 Å². The van der Waals surface area contributed by atoms with Crippen molar-refractivity contribution in [1.82, 2.24) is 20.2 Å². The van der Waals surface area contributed by atoms with Gasteiger partial charge in [0.15, 0.2) is 11.5 Å². The van der Waals surface area contributed by atoms with Crippen LogP contribution < -0.4 is 22.1 Å². The molecule has 0 radical (unpaired) electrons. The van der Waals surface area contributed by atoms with Gasteiger partial charge < -0.3 is 22.1 Å². The largest absolute Gasteiger partial charge is 0.364 e. The minimum absolute atomic E-state index is 0.0307. The number of primary amides is 1. The lowest BCUT2D eigenvalue weighted by atomic mass is 9.91. The SMILES string of the molecule is NC(=O)c1nnc(N[C@@H]2CCCC[C@@H]2N)nc1Nc1ccnc(-c2ccccc2)c1. The summed E-state index contributed by atoms with van der Waals surface area (Å²) in [7, 11) is 0. The molecule has 0 bridgehead atoms. The number of nitrogens with two attached hydrogens (primary N) is 2. The number of amides is 1. The summed E-state index contributed by atoms with van der Waals surface area (Å²) < 4.78 is 0. The van der Waals surface area contributed by atoms with E-state index in [4.69, 9.17) is 11.5 Å². The van der Waals surface area contributed by atoms with Crippen molar-refractivity contribution in [3.05, 3.63) is 54.4 Å². The lowest BCUT2D eigenvalue weighted by Gasteiger charge is -2.29. The fourth-order valence-corrected chi connectivity index (χ4v) is 3.56. The van der Waals surface area contributed by atoms with Crippen molar-refractivity contribution in [3.63, 3.8) is 0 Å². The van der Waals surface area contributed by atoms with Crippen LogP contribution in [0.3, 0.4) is 0 Å². The molecule has 0 unspecified atom stereocenters. The van der Waals surface area contributed by atoms with Crippen LogP contribution in [0.4, 0.5) is 17.5 Å². The molecule has 1 fully saturated rings. The molecule has 1 saturated carbocycles. The Kier molecular flexibility index (Phi) is 5.80. The van der Waals surface area contributed by atoms with Gasteiger partial charge in [-0.15, -0.1) is 10.2 Å². The Balaban J connectivity index is 1.60. The Morgan fingerprint density at radius 1 is 1.07 bits per heavy atom. The van der Waals surface area contributed by atoms with Gasteiger partial charge in [-0.2, -0.15) is 4.98 Å². The lowest BCUT2D eigenvalue weighted by Crippen LogP contribution is -2.43. The first kappa shape index (κ1) is 19.7. The third kappa shape index (κ3) is 4.52. The molecule has 2 aromatic heterocycles. The first-order chi connectivity index (χ1) is 14.6. The summed E-state index contributed by atoms with van der Waals surface area (Å²) in [5.74, 6) is -0.174. The zero-order valence-corrected chi connectivity index (χ0v) is 16.5. The number of carbonyl (C=O) groups is 1. The zero-order chi connectivity index (χ0) is 20.9. The third-order valence-corrected chi connectivity index (χ3v) is 5.15. The van der Waals surface area contributed by atoms with Gasteiger partial charge in [-0.25, -0.2) is 0 Å². The molecule has 1 amide bonds. The van der Waals surface area contributed by atoms with Crippen LogP contribution >= 0.6 is 0 Å². The Morgan fingerprint density at radius 3 is 2.63 bits per heavy atom.